The maximum absolute atomic E-state index is 2.89. The molecule has 5 heterocycles. The third-order valence-electron chi connectivity index (χ3n) is 6.03. The van der Waals surface area contributed by atoms with Crippen molar-refractivity contribution < 1.29 is 0 Å². The Labute approximate surface area is 140 Å². The van der Waals surface area contributed by atoms with Crippen molar-refractivity contribution >= 4 is 22.7 Å². The van der Waals surface area contributed by atoms with E-state index in [-0.39, 0.29) is 0 Å². The van der Waals surface area contributed by atoms with Gasteiger partial charge in [0.1, 0.15) is 0 Å². The first-order valence-electron chi connectivity index (χ1n) is 8.40. The summed E-state index contributed by atoms with van der Waals surface area (Å²) in [5, 5.41) is 4.45. The Morgan fingerprint density at radius 2 is 2.09 bits per heavy atom. The smallest absolute Gasteiger partial charge is 0.0451 e. The number of hydrogen-bond acceptors (Lipinski definition) is 4. The average Bonchev–Trinajstić information content (AvgIpc) is 3.25. The van der Waals surface area contributed by atoms with Crippen LogP contribution in [-0.2, 0) is 6.54 Å². The van der Waals surface area contributed by atoms with Gasteiger partial charge in [0.25, 0.3) is 0 Å². The van der Waals surface area contributed by atoms with Crippen LogP contribution < -0.4 is 0 Å². The van der Waals surface area contributed by atoms with Crippen LogP contribution >= 0.6 is 22.7 Å². The largest absolute Gasteiger partial charge is 0.296 e. The van der Waals surface area contributed by atoms with E-state index in [4.69, 9.17) is 0 Å². The quantitative estimate of drug-likeness (QED) is 0.831. The third kappa shape index (κ3) is 1.97. The maximum Gasteiger partial charge on any atom is 0.0451 e. The van der Waals surface area contributed by atoms with E-state index < -0.39 is 0 Å². The summed E-state index contributed by atoms with van der Waals surface area (Å²) in [5.74, 6) is 0.877. The summed E-state index contributed by atoms with van der Waals surface area (Å²) < 4.78 is 0. The molecule has 0 bridgehead atoms. The van der Waals surface area contributed by atoms with Crippen LogP contribution in [-0.4, -0.2) is 35.0 Å². The van der Waals surface area contributed by atoms with Crippen LogP contribution in [0.1, 0.15) is 35.1 Å². The topological polar surface area (TPSA) is 6.48 Å². The minimum atomic E-state index is 0.492. The standard InChI is InChI=1S/C18H22N2S2/c1-4-15(21-8-1)12-19-11-14-10-16(17-5-2-9-22-17)20-7-3-6-18(14,20)13-19/h1-2,4-5,8-9,14,16H,3,6-7,10-13H2/t14-,16-,18-/m0/s1. The molecular formula is C18H22N2S2. The average molecular weight is 331 g/mol. The number of likely N-dealkylation sites (tertiary alicyclic amines) is 1. The molecule has 0 amide bonds. The fourth-order valence-corrected chi connectivity index (χ4v) is 6.84. The molecule has 0 unspecified atom stereocenters. The molecule has 3 aliphatic rings. The molecule has 2 aromatic heterocycles. The van der Waals surface area contributed by atoms with Crippen LogP contribution in [0.3, 0.4) is 0 Å². The van der Waals surface area contributed by atoms with Crippen molar-refractivity contribution in [3.05, 3.63) is 44.8 Å². The Kier molecular flexibility index (Phi) is 3.22. The van der Waals surface area contributed by atoms with Gasteiger partial charge in [-0.3, -0.25) is 9.80 Å². The summed E-state index contributed by atoms with van der Waals surface area (Å²) in [4.78, 5) is 8.73. The summed E-state index contributed by atoms with van der Waals surface area (Å²) in [6.45, 7) is 5.06. The van der Waals surface area contributed by atoms with Gasteiger partial charge in [0.15, 0.2) is 0 Å². The molecule has 22 heavy (non-hydrogen) atoms. The zero-order valence-corrected chi connectivity index (χ0v) is 14.4. The van der Waals surface area contributed by atoms with E-state index in [1.54, 1.807) is 4.88 Å². The van der Waals surface area contributed by atoms with Crippen molar-refractivity contribution in [2.75, 3.05) is 19.6 Å². The molecule has 3 atom stereocenters. The number of rotatable bonds is 3. The van der Waals surface area contributed by atoms with Crippen LogP contribution in [0.5, 0.6) is 0 Å². The van der Waals surface area contributed by atoms with E-state index >= 15 is 0 Å². The predicted molar refractivity (Wildman–Crippen MR) is 93.4 cm³/mol. The fourth-order valence-electron chi connectivity index (χ4n) is 5.24. The Morgan fingerprint density at radius 3 is 2.91 bits per heavy atom. The summed E-state index contributed by atoms with van der Waals surface area (Å²) in [7, 11) is 0. The van der Waals surface area contributed by atoms with Gasteiger partial charge in [-0.2, -0.15) is 0 Å². The lowest BCUT2D eigenvalue weighted by Gasteiger charge is -2.34. The van der Waals surface area contributed by atoms with Crippen LogP contribution in [0, 0.1) is 5.92 Å². The van der Waals surface area contributed by atoms with Gasteiger partial charge in [-0.25, -0.2) is 0 Å². The van der Waals surface area contributed by atoms with Gasteiger partial charge in [-0.05, 0) is 54.6 Å². The minimum absolute atomic E-state index is 0.492. The SMILES string of the molecule is c1csc(CN2C[C@@H]3C[C@@H](c4cccs4)N4CCC[C@]34C2)c1. The molecule has 0 N–H and O–H groups in total. The molecule has 0 aliphatic carbocycles. The molecule has 4 heteroatoms. The van der Waals surface area contributed by atoms with E-state index in [0.29, 0.717) is 11.6 Å². The second-order valence-corrected chi connectivity index (χ2v) is 9.12. The second kappa shape index (κ2) is 5.17. The first-order valence-corrected chi connectivity index (χ1v) is 10.2. The van der Waals surface area contributed by atoms with Crippen molar-refractivity contribution in [1.29, 1.82) is 0 Å². The predicted octanol–water partition coefficient (Wildman–Crippen LogP) is 4.22. The molecule has 0 radical (unpaired) electrons. The molecule has 116 valence electrons. The summed E-state index contributed by atoms with van der Waals surface area (Å²) in [6, 6.07) is 9.75. The van der Waals surface area contributed by atoms with Crippen molar-refractivity contribution in [1.82, 2.24) is 9.80 Å². The molecule has 3 aliphatic heterocycles. The Balaban J connectivity index is 1.39. The molecule has 0 aromatic carbocycles. The van der Waals surface area contributed by atoms with E-state index in [2.05, 4.69) is 44.8 Å². The van der Waals surface area contributed by atoms with Gasteiger partial charge in [0, 0.05) is 41.0 Å². The number of nitrogens with zero attached hydrogens (tertiary/aromatic N) is 2. The van der Waals surface area contributed by atoms with Gasteiger partial charge in [-0.1, -0.05) is 12.1 Å². The molecule has 1 spiro atoms. The first-order chi connectivity index (χ1) is 10.9. The van der Waals surface area contributed by atoms with Crippen LogP contribution in [0.4, 0.5) is 0 Å². The molecule has 3 saturated heterocycles. The summed E-state index contributed by atoms with van der Waals surface area (Å²) in [6.07, 6.45) is 4.19. The zero-order chi connectivity index (χ0) is 14.6. The highest BCUT2D eigenvalue weighted by Crippen LogP contribution is 2.56. The molecule has 2 aromatic rings. The Morgan fingerprint density at radius 1 is 1.18 bits per heavy atom. The Bertz CT molecular complexity index is 636. The molecule has 0 saturated carbocycles. The second-order valence-electron chi connectivity index (χ2n) is 7.11. The lowest BCUT2D eigenvalue weighted by Crippen LogP contribution is -2.45. The minimum Gasteiger partial charge on any atom is -0.296 e. The first kappa shape index (κ1) is 13.7. The van der Waals surface area contributed by atoms with Gasteiger partial charge >= 0.3 is 0 Å². The summed E-state index contributed by atoms with van der Waals surface area (Å²) >= 11 is 3.86. The summed E-state index contributed by atoms with van der Waals surface area (Å²) in [5.41, 5.74) is 0.492. The molecule has 2 nitrogen and oxygen atoms in total. The van der Waals surface area contributed by atoms with Gasteiger partial charge in [0.05, 0.1) is 0 Å². The lowest BCUT2D eigenvalue weighted by atomic mass is 9.86. The monoisotopic (exact) mass is 330 g/mol. The highest BCUT2D eigenvalue weighted by atomic mass is 32.1. The van der Waals surface area contributed by atoms with Gasteiger partial charge in [0.2, 0.25) is 0 Å². The van der Waals surface area contributed by atoms with Crippen LogP contribution in [0.2, 0.25) is 0 Å². The van der Waals surface area contributed by atoms with Crippen molar-refractivity contribution in [3.63, 3.8) is 0 Å². The van der Waals surface area contributed by atoms with Crippen molar-refractivity contribution in [3.8, 4) is 0 Å². The van der Waals surface area contributed by atoms with Gasteiger partial charge in [-0.15, -0.1) is 22.7 Å². The van der Waals surface area contributed by atoms with E-state index in [1.165, 1.54) is 43.8 Å². The van der Waals surface area contributed by atoms with Crippen molar-refractivity contribution in [2.45, 2.75) is 37.4 Å². The van der Waals surface area contributed by atoms with E-state index in [1.807, 2.05) is 22.7 Å². The fraction of sp³-hybridized carbons (Fsp3) is 0.556. The third-order valence-corrected chi connectivity index (χ3v) is 7.87. The Hall–Kier alpha value is -0.680. The lowest BCUT2D eigenvalue weighted by molar-refractivity contribution is 0.133. The van der Waals surface area contributed by atoms with Gasteiger partial charge < -0.3 is 0 Å². The molecular weight excluding hydrogens is 308 g/mol. The van der Waals surface area contributed by atoms with Crippen LogP contribution in [0.15, 0.2) is 35.0 Å². The van der Waals surface area contributed by atoms with Crippen LogP contribution in [0.25, 0.3) is 0 Å². The van der Waals surface area contributed by atoms with Crippen molar-refractivity contribution in [2.24, 2.45) is 5.92 Å². The molecule has 3 fully saturated rings. The zero-order valence-electron chi connectivity index (χ0n) is 12.8. The highest BCUT2D eigenvalue weighted by Gasteiger charge is 2.59. The maximum atomic E-state index is 2.89. The van der Waals surface area contributed by atoms with E-state index in [0.717, 1.165) is 12.5 Å². The normalized spacial score (nSPS) is 35.1. The van der Waals surface area contributed by atoms with E-state index in [9.17, 15) is 0 Å². The molecule has 5 rings (SSSR count). The highest BCUT2D eigenvalue weighted by molar-refractivity contribution is 7.10. The number of thiophene rings is 2. The number of hydrogen-bond donors (Lipinski definition) is 0.